The molecule has 0 spiro atoms. The Balaban J connectivity index is 1.40. The maximum absolute atomic E-state index is 12.7. The molecule has 1 fully saturated rings. The summed E-state index contributed by atoms with van der Waals surface area (Å²) < 4.78 is 6.74. The fourth-order valence-electron chi connectivity index (χ4n) is 4.77. The van der Waals surface area contributed by atoms with Crippen LogP contribution in [0.1, 0.15) is 56.6 Å². The van der Waals surface area contributed by atoms with E-state index in [0.29, 0.717) is 6.54 Å². The number of hydrogen-bond acceptors (Lipinski definition) is 3. The molecule has 3 aromatic rings. The lowest BCUT2D eigenvalue weighted by molar-refractivity contribution is 0.0218. The van der Waals surface area contributed by atoms with E-state index in [-0.39, 0.29) is 12.1 Å². The van der Waals surface area contributed by atoms with Crippen molar-refractivity contribution in [2.75, 3.05) is 6.54 Å². The Morgan fingerprint density at radius 1 is 1.12 bits per heavy atom. The molecule has 2 aromatic carbocycles. The molecule has 166 valence electrons. The van der Waals surface area contributed by atoms with E-state index in [9.17, 15) is 4.79 Å². The van der Waals surface area contributed by atoms with Gasteiger partial charge in [-0.25, -0.2) is 9.78 Å². The highest BCUT2D eigenvalue weighted by molar-refractivity contribution is 9.10. The van der Waals surface area contributed by atoms with Gasteiger partial charge in [0.2, 0.25) is 0 Å². The lowest BCUT2D eigenvalue weighted by atomic mass is 9.84. The number of fused-ring (bicyclic) bond motifs is 3. The normalized spacial score (nSPS) is 17.8. The number of ether oxygens (including phenoxy) is 1. The minimum atomic E-state index is -0.504. The van der Waals surface area contributed by atoms with Crippen LogP contribution in [-0.2, 0) is 17.6 Å². The number of nitrogens with zero attached hydrogens (tertiary/aromatic N) is 2. The molecule has 1 atom stereocenters. The van der Waals surface area contributed by atoms with Gasteiger partial charge in [-0.1, -0.05) is 34.1 Å². The van der Waals surface area contributed by atoms with Crippen LogP contribution >= 0.6 is 15.9 Å². The molecule has 1 N–H and O–H groups in total. The Kier molecular flexibility index (Phi) is 5.36. The number of nitrogens with one attached hydrogen (secondary N) is 1. The third-order valence-electron chi connectivity index (χ3n) is 6.23. The van der Waals surface area contributed by atoms with E-state index >= 15 is 0 Å². The Morgan fingerprint density at radius 2 is 1.84 bits per heavy atom. The third kappa shape index (κ3) is 4.08. The van der Waals surface area contributed by atoms with Crippen LogP contribution in [0.2, 0.25) is 0 Å². The molecule has 6 heteroatoms. The smallest absolute Gasteiger partial charge is 0.410 e. The van der Waals surface area contributed by atoms with Crippen molar-refractivity contribution in [3.8, 4) is 22.4 Å². The molecular weight excluding hydrogens is 466 g/mol. The van der Waals surface area contributed by atoms with E-state index in [1.807, 2.05) is 27.0 Å². The van der Waals surface area contributed by atoms with Crippen molar-refractivity contribution in [3.05, 3.63) is 64.0 Å². The van der Waals surface area contributed by atoms with Gasteiger partial charge in [-0.15, -0.1) is 0 Å². The van der Waals surface area contributed by atoms with Crippen molar-refractivity contribution in [3.63, 3.8) is 0 Å². The summed E-state index contributed by atoms with van der Waals surface area (Å²) in [6.07, 6.45) is 5.54. The molecule has 1 aliphatic heterocycles. The van der Waals surface area contributed by atoms with Crippen molar-refractivity contribution >= 4 is 22.0 Å². The number of carbonyl (C=O) groups is 1. The number of amides is 1. The van der Waals surface area contributed by atoms with Crippen LogP contribution in [0, 0.1) is 0 Å². The van der Waals surface area contributed by atoms with Crippen LogP contribution < -0.4 is 0 Å². The topological polar surface area (TPSA) is 58.2 Å². The Hall–Kier alpha value is -2.60. The van der Waals surface area contributed by atoms with Gasteiger partial charge in [0.1, 0.15) is 11.4 Å². The molecule has 1 aliphatic carbocycles. The van der Waals surface area contributed by atoms with Gasteiger partial charge in [0.25, 0.3) is 0 Å². The first-order chi connectivity index (χ1) is 15.3. The predicted octanol–water partition coefficient (Wildman–Crippen LogP) is 6.68. The molecule has 1 aromatic heterocycles. The van der Waals surface area contributed by atoms with E-state index in [4.69, 9.17) is 4.74 Å². The molecule has 5 rings (SSSR count). The number of H-pyrrole nitrogens is 1. The number of likely N-dealkylation sites (tertiary alicyclic amines) is 1. The van der Waals surface area contributed by atoms with Crippen LogP contribution in [0.25, 0.3) is 22.4 Å². The monoisotopic (exact) mass is 493 g/mol. The molecule has 0 saturated carbocycles. The number of imidazole rings is 1. The van der Waals surface area contributed by atoms with E-state index < -0.39 is 5.60 Å². The lowest BCUT2D eigenvalue weighted by Gasteiger charge is -2.27. The van der Waals surface area contributed by atoms with Crippen LogP contribution in [-0.4, -0.2) is 33.1 Å². The highest BCUT2D eigenvalue weighted by atomic mass is 79.9. The Bertz CT molecular complexity index is 1180. The minimum absolute atomic E-state index is 0.0680. The van der Waals surface area contributed by atoms with Crippen LogP contribution in [0.5, 0.6) is 0 Å². The first-order valence-electron chi connectivity index (χ1n) is 11.2. The predicted molar refractivity (Wildman–Crippen MR) is 129 cm³/mol. The van der Waals surface area contributed by atoms with Gasteiger partial charge < -0.3 is 9.72 Å². The summed E-state index contributed by atoms with van der Waals surface area (Å²) in [7, 11) is 0. The van der Waals surface area contributed by atoms with Crippen molar-refractivity contribution in [1.82, 2.24) is 14.9 Å². The van der Waals surface area contributed by atoms with Gasteiger partial charge in [0, 0.05) is 11.0 Å². The second-order valence-electron chi connectivity index (χ2n) is 9.69. The zero-order chi connectivity index (χ0) is 22.5. The Labute approximate surface area is 197 Å². The van der Waals surface area contributed by atoms with Crippen molar-refractivity contribution < 1.29 is 9.53 Å². The Morgan fingerprint density at radius 3 is 2.59 bits per heavy atom. The summed E-state index contributed by atoms with van der Waals surface area (Å²) in [5, 5.41) is 0. The second kappa shape index (κ2) is 8.07. The number of aryl methyl sites for hydroxylation is 2. The zero-order valence-corrected chi connectivity index (χ0v) is 20.3. The summed E-state index contributed by atoms with van der Waals surface area (Å²) >= 11 is 3.59. The number of aromatic nitrogens is 2. The van der Waals surface area contributed by atoms with Gasteiger partial charge in [0.05, 0.1) is 17.9 Å². The molecule has 32 heavy (non-hydrogen) atoms. The largest absolute Gasteiger partial charge is 0.444 e. The number of hydrogen-bond donors (Lipinski definition) is 1. The first-order valence-corrected chi connectivity index (χ1v) is 12.0. The van der Waals surface area contributed by atoms with Gasteiger partial charge in [-0.05, 0) is 92.5 Å². The summed E-state index contributed by atoms with van der Waals surface area (Å²) in [5.41, 5.74) is 7.01. The van der Waals surface area contributed by atoms with E-state index in [0.717, 1.165) is 47.2 Å². The average Bonchev–Trinajstić information content (AvgIpc) is 3.41. The fourth-order valence-corrected chi connectivity index (χ4v) is 5.18. The minimum Gasteiger partial charge on any atom is -0.444 e. The second-order valence-corrected chi connectivity index (χ2v) is 10.6. The third-order valence-corrected chi connectivity index (χ3v) is 6.72. The molecule has 2 aliphatic rings. The average molecular weight is 494 g/mol. The van der Waals surface area contributed by atoms with Crippen LogP contribution in [0.15, 0.2) is 47.1 Å². The van der Waals surface area contributed by atoms with Gasteiger partial charge in [-0.2, -0.15) is 0 Å². The van der Waals surface area contributed by atoms with Crippen LogP contribution in [0.4, 0.5) is 4.79 Å². The first kappa shape index (κ1) is 21.3. The van der Waals surface area contributed by atoms with Crippen molar-refractivity contribution in [2.24, 2.45) is 0 Å². The number of halogens is 1. The van der Waals surface area contributed by atoms with Crippen molar-refractivity contribution in [1.29, 1.82) is 0 Å². The highest BCUT2D eigenvalue weighted by Gasteiger charge is 2.34. The van der Waals surface area contributed by atoms with Crippen LogP contribution in [0.3, 0.4) is 0 Å². The molecular formula is C26H28BrN3O2. The summed E-state index contributed by atoms with van der Waals surface area (Å²) in [6.45, 7) is 6.39. The fraction of sp³-hybridized carbons (Fsp3) is 0.385. The standard InChI is InChI=1S/C26H28BrN3O2/c1-26(2,3)32-25(31)30-12-4-5-23(30)24-28-15-22(29-24)18-8-10-20-16(13-18)6-7-17-14-19(27)9-11-21(17)20/h8-11,13-15,23H,4-7,12H2,1-3H3,(H,28,29)/t23-/m0/s1. The zero-order valence-electron chi connectivity index (χ0n) is 18.7. The van der Waals surface area contributed by atoms with Gasteiger partial charge >= 0.3 is 6.09 Å². The molecule has 5 nitrogen and oxygen atoms in total. The summed E-state index contributed by atoms with van der Waals surface area (Å²) in [6, 6.07) is 13.1. The number of benzene rings is 2. The van der Waals surface area contributed by atoms with Crippen molar-refractivity contribution in [2.45, 2.75) is 58.1 Å². The SMILES string of the molecule is CC(C)(C)OC(=O)N1CCC[C@H]1c1ncc(-c2ccc3c(c2)CCc2cc(Br)ccc2-3)[nH]1. The lowest BCUT2D eigenvalue weighted by Crippen LogP contribution is -2.36. The molecule has 2 heterocycles. The number of rotatable bonds is 2. The summed E-state index contributed by atoms with van der Waals surface area (Å²) in [5.74, 6) is 0.830. The van der Waals surface area contributed by atoms with E-state index in [1.54, 1.807) is 4.90 Å². The van der Waals surface area contributed by atoms with E-state index in [2.05, 4.69) is 62.3 Å². The molecule has 0 bridgehead atoms. The quantitative estimate of drug-likeness (QED) is 0.433. The maximum Gasteiger partial charge on any atom is 0.410 e. The molecule has 1 amide bonds. The molecule has 0 unspecified atom stereocenters. The molecule has 1 saturated heterocycles. The summed E-state index contributed by atoms with van der Waals surface area (Å²) in [4.78, 5) is 22.6. The molecule has 0 radical (unpaired) electrons. The number of aromatic amines is 1. The number of carbonyl (C=O) groups excluding carboxylic acids is 1. The van der Waals surface area contributed by atoms with Gasteiger partial charge in [-0.3, -0.25) is 4.90 Å². The van der Waals surface area contributed by atoms with E-state index in [1.165, 1.54) is 22.3 Å². The maximum atomic E-state index is 12.7. The van der Waals surface area contributed by atoms with Gasteiger partial charge in [0.15, 0.2) is 0 Å². The highest BCUT2D eigenvalue weighted by Crippen LogP contribution is 2.38.